The molecule has 1 unspecified atom stereocenters. The van der Waals surface area contributed by atoms with Crippen molar-refractivity contribution in [1.29, 1.82) is 0 Å². The molecular formula is C14H29N3O2. The number of piperazine rings is 1. The van der Waals surface area contributed by atoms with Crippen molar-refractivity contribution in [2.75, 3.05) is 46.9 Å². The first-order valence-electron chi connectivity index (χ1n) is 7.14. The van der Waals surface area contributed by atoms with E-state index in [2.05, 4.69) is 36.0 Å². The number of carbonyl (C=O) groups excluding carboxylic acids is 1. The van der Waals surface area contributed by atoms with Gasteiger partial charge in [-0.2, -0.15) is 0 Å². The number of ether oxygens (including phenoxy) is 1. The fourth-order valence-electron chi connectivity index (χ4n) is 2.55. The molecule has 1 fully saturated rings. The van der Waals surface area contributed by atoms with Crippen LogP contribution in [0.15, 0.2) is 0 Å². The normalized spacial score (nSPS) is 21.4. The second-order valence-corrected chi connectivity index (χ2v) is 6.02. The highest BCUT2D eigenvalue weighted by atomic mass is 16.5. The molecule has 0 spiro atoms. The van der Waals surface area contributed by atoms with Crippen LogP contribution >= 0.6 is 0 Å². The summed E-state index contributed by atoms with van der Waals surface area (Å²) < 4.78 is 4.95. The van der Waals surface area contributed by atoms with Gasteiger partial charge < -0.3 is 14.5 Å². The largest absolute Gasteiger partial charge is 0.468 e. The van der Waals surface area contributed by atoms with E-state index in [-0.39, 0.29) is 12.0 Å². The molecule has 1 aliphatic rings. The zero-order chi connectivity index (χ0) is 14.5. The van der Waals surface area contributed by atoms with Gasteiger partial charge in [-0.3, -0.25) is 10.1 Å². The summed E-state index contributed by atoms with van der Waals surface area (Å²) in [6.45, 7) is 11.3. The van der Waals surface area contributed by atoms with E-state index in [1.165, 1.54) is 7.11 Å². The first kappa shape index (κ1) is 16.4. The quantitative estimate of drug-likeness (QED) is 0.715. The summed E-state index contributed by atoms with van der Waals surface area (Å²) in [7, 11) is 3.61. The molecule has 112 valence electrons. The lowest BCUT2D eigenvalue weighted by Gasteiger charge is -2.36. The molecule has 0 bridgehead atoms. The molecule has 1 aliphatic heterocycles. The maximum atomic E-state index is 12.0. The third-order valence-electron chi connectivity index (χ3n) is 3.77. The topological polar surface area (TPSA) is 44.8 Å². The third kappa shape index (κ3) is 5.09. The summed E-state index contributed by atoms with van der Waals surface area (Å²) in [4.78, 5) is 16.7. The molecule has 0 radical (unpaired) electrons. The lowest BCUT2D eigenvalue weighted by molar-refractivity contribution is -0.148. The first-order chi connectivity index (χ1) is 8.87. The standard InChI is InChI=1S/C14H29N3O2/c1-12(2)15-14(3,13(18)19-5)6-7-17-10-8-16(4)9-11-17/h12,15H,6-11H2,1-5H3. The fraction of sp³-hybridized carbons (Fsp3) is 0.929. The highest BCUT2D eigenvalue weighted by Gasteiger charge is 2.35. The van der Waals surface area contributed by atoms with Crippen LogP contribution < -0.4 is 5.32 Å². The van der Waals surface area contributed by atoms with Crippen molar-refractivity contribution in [3.8, 4) is 0 Å². The van der Waals surface area contributed by atoms with Crippen LogP contribution in [0.4, 0.5) is 0 Å². The van der Waals surface area contributed by atoms with Gasteiger partial charge in [0, 0.05) is 38.8 Å². The second-order valence-electron chi connectivity index (χ2n) is 6.02. The summed E-state index contributed by atoms with van der Waals surface area (Å²) in [5.41, 5.74) is -0.591. The van der Waals surface area contributed by atoms with Crippen molar-refractivity contribution in [2.24, 2.45) is 0 Å². The monoisotopic (exact) mass is 271 g/mol. The van der Waals surface area contributed by atoms with Crippen LogP contribution in [-0.2, 0) is 9.53 Å². The summed E-state index contributed by atoms with van der Waals surface area (Å²) >= 11 is 0. The van der Waals surface area contributed by atoms with Gasteiger partial charge in [0.05, 0.1) is 7.11 Å². The average Bonchev–Trinajstić information content (AvgIpc) is 2.36. The lowest BCUT2D eigenvalue weighted by Crippen LogP contribution is -2.55. The first-order valence-corrected chi connectivity index (χ1v) is 7.14. The molecule has 1 N–H and O–H groups in total. The number of methoxy groups -OCH3 is 1. The van der Waals surface area contributed by atoms with Crippen molar-refractivity contribution >= 4 is 5.97 Å². The molecule has 1 atom stereocenters. The summed E-state index contributed by atoms with van der Waals surface area (Å²) in [6.07, 6.45) is 0.779. The van der Waals surface area contributed by atoms with Crippen LogP contribution in [-0.4, -0.2) is 74.2 Å². The molecule has 0 aromatic rings. The molecule has 5 heteroatoms. The van der Waals surface area contributed by atoms with Crippen LogP contribution in [0.25, 0.3) is 0 Å². The Labute approximate surface area is 117 Å². The van der Waals surface area contributed by atoms with Crippen LogP contribution in [0.5, 0.6) is 0 Å². The van der Waals surface area contributed by atoms with Gasteiger partial charge in [0.25, 0.3) is 0 Å². The molecule has 0 aromatic carbocycles. The number of hydrogen-bond donors (Lipinski definition) is 1. The summed E-state index contributed by atoms with van der Waals surface area (Å²) in [6, 6.07) is 0.261. The Balaban J connectivity index is 2.51. The number of hydrogen-bond acceptors (Lipinski definition) is 5. The van der Waals surface area contributed by atoms with E-state index in [9.17, 15) is 4.79 Å². The van der Waals surface area contributed by atoms with E-state index in [4.69, 9.17) is 4.74 Å². The van der Waals surface area contributed by atoms with Crippen molar-refractivity contribution < 1.29 is 9.53 Å². The number of nitrogens with one attached hydrogen (secondary N) is 1. The minimum atomic E-state index is -0.591. The molecule has 1 heterocycles. The molecule has 0 aliphatic carbocycles. The van der Waals surface area contributed by atoms with E-state index >= 15 is 0 Å². The number of nitrogens with zero attached hydrogens (tertiary/aromatic N) is 2. The minimum Gasteiger partial charge on any atom is -0.468 e. The Morgan fingerprint density at radius 1 is 1.32 bits per heavy atom. The van der Waals surface area contributed by atoms with Gasteiger partial charge in [0.2, 0.25) is 0 Å². The second kappa shape index (κ2) is 7.22. The molecule has 0 aromatic heterocycles. The maximum absolute atomic E-state index is 12.0. The van der Waals surface area contributed by atoms with Crippen molar-refractivity contribution in [3.05, 3.63) is 0 Å². The van der Waals surface area contributed by atoms with Crippen LogP contribution in [0.1, 0.15) is 27.2 Å². The van der Waals surface area contributed by atoms with Gasteiger partial charge >= 0.3 is 5.97 Å². The van der Waals surface area contributed by atoms with Crippen molar-refractivity contribution in [2.45, 2.75) is 38.8 Å². The molecule has 1 rings (SSSR count). The lowest BCUT2D eigenvalue weighted by atomic mass is 9.96. The zero-order valence-electron chi connectivity index (χ0n) is 13.0. The predicted molar refractivity (Wildman–Crippen MR) is 77.2 cm³/mol. The Bertz CT molecular complexity index is 288. The van der Waals surface area contributed by atoms with Gasteiger partial charge in [0.1, 0.15) is 5.54 Å². The van der Waals surface area contributed by atoms with Gasteiger partial charge in [0.15, 0.2) is 0 Å². The van der Waals surface area contributed by atoms with E-state index in [1.807, 2.05) is 6.92 Å². The highest BCUT2D eigenvalue weighted by Crippen LogP contribution is 2.15. The number of esters is 1. The summed E-state index contributed by atoms with van der Waals surface area (Å²) in [5, 5.41) is 3.34. The van der Waals surface area contributed by atoms with Crippen LogP contribution in [0.2, 0.25) is 0 Å². The fourth-order valence-corrected chi connectivity index (χ4v) is 2.55. The maximum Gasteiger partial charge on any atom is 0.325 e. The number of carbonyl (C=O) groups is 1. The number of rotatable bonds is 6. The van der Waals surface area contributed by atoms with Crippen LogP contribution in [0, 0.1) is 0 Å². The Hall–Kier alpha value is -0.650. The minimum absolute atomic E-state index is 0.171. The zero-order valence-corrected chi connectivity index (χ0v) is 13.0. The van der Waals surface area contributed by atoms with Gasteiger partial charge in [-0.1, -0.05) is 0 Å². The highest BCUT2D eigenvalue weighted by molar-refractivity contribution is 5.80. The number of likely N-dealkylation sites (N-methyl/N-ethyl adjacent to an activating group) is 1. The molecule has 1 saturated heterocycles. The van der Waals surface area contributed by atoms with Gasteiger partial charge in [-0.05, 0) is 34.2 Å². The molecule has 5 nitrogen and oxygen atoms in total. The van der Waals surface area contributed by atoms with Gasteiger partial charge in [-0.25, -0.2) is 0 Å². The average molecular weight is 271 g/mol. The smallest absolute Gasteiger partial charge is 0.325 e. The SMILES string of the molecule is COC(=O)C(C)(CCN1CCN(C)CC1)NC(C)C. The van der Waals surface area contributed by atoms with E-state index in [0.717, 1.165) is 39.1 Å². The van der Waals surface area contributed by atoms with Crippen molar-refractivity contribution in [3.63, 3.8) is 0 Å². The van der Waals surface area contributed by atoms with E-state index < -0.39 is 5.54 Å². The van der Waals surface area contributed by atoms with Crippen molar-refractivity contribution in [1.82, 2.24) is 15.1 Å². The van der Waals surface area contributed by atoms with Crippen LogP contribution in [0.3, 0.4) is 0 Å². The Morgan fingerprint density at radius 2 is 1.89 bits per heavy atom. The molecular weight excluding hydrogens is 242 g/mol. The van der Waals surface area contributed by atoms with E-state index in [1.54, 1.807) is 0 Å². The molecule has 19 heavy (non-hydrogen) atoms. The molecule has 0 saturated carbocycles. The summed E-state index contributed by atoms with van der Waals surface area (Å²) in [5.74, 6) is -0.171. The van der Waals surface area contributed by atoms with Gasteiger partial charge in [-0.15, -0.1) is 0 Å². The molecule has 0 amide bonds. The Kier molecular flexibility index (Phi) is 6.23. The third-order valence-corrected chi connectivity index (χ3v) is 3.77. The Morgan fingerprint density at radius 3 is 2.37 bits per heavy atom. The van der Waals surface area contributed by atoms with E-state index in [0.29, 0.717) is 0 Å². The predicted octanol–water partition coefficient (Wildman–Crippen LogP) is 0.554.